The number of carbonyl (C=O) groups excluding carboxylic acids is 1. The number of halogens is 2. The van der Waals surface area contributed by atoms with Crippen molar-refractivity contribution in [3.05, 3.63) is 46.7 Å². The molecule has 0 aliphatic heterocycles. The summed E-state index contributed by atoms with van der Waals surface area (Å²) in [7, 11) is 0. The van der Waals surface area contributed by atoms with E-state index in [1.807, 2.05) is 6.92 Å². The van der Waals surface area contributed by atoms with E-state index >= 15 is 0 Å². The van der Waals surface area contributed by atoms with E-state index in [1.54, 1.807) is 12.1 Å². The van der Waals surface area contributed by atoms with Gasteiger partial charge in [-0.3, -0.25) is 4.79 Å². The van der Waals surface area contributed by atoms with Crippen LogP contribution in [0.5, 0.6) is 0 Å². The average molecular weight is 286 g/mol. The standard InChI is InChI=1S/C12H13BrFNO/c1-3-4-8(2)15-12(16)10-6-5-9(13)7-11(10)14/h3,5-8H,1,4H2,2H3,(H,15,16). The molecule has 1 aromatic rings. The predicted molar refractivity (Wildman–Crippen MR) is 65.8 cm³/mol. The van der Waals surface area contributed by atoms with Gasteiger partial charge in [0, 0.05) is 10.5 Å². The summed E-state index contributed by atoms with van der Waals surface area (Å²) in [5, 5.41) is 2.69. The van der Waals surface area contributed by atoms with Gasteiger partial charge in [-0.15, -0.1) is 6.58 Å². The Bertz CT molecular complexity index is 406. The smallest absolute Gasteiger partial charge is 0.254 e. The number of rotatable bonds is 4. The number of hydrogen-bond acceptors (Lipinski definition) is 1. The molecule has 0 aromatic heterocycles. The third-order valence-corrected chi connectivity index (χ3v) is 2.57. The Morgan fingerprint density at radius 1 is 1.69 bits per heavy atom. The number of benzene rings is 1. The molecule has 1 atom stereocenters. The molecule has 16 heavy (non-hydrogen) atoms. The molecule has 0 saturated carbocycles. The third kappa shape index (κ3) is 3.45. The first-order valence-electron chi connectivity index (χ1n) is 4.91. The predicted octanol–water partition coefficient (Wildman–Crippen LogP) is 3.28. The van der Waals surface area contributed by atoms with Crippen LogP contribution in [0.3, 0.4) is 0 Å². The van der Waals surface area contributed by atoms with Crippen LogP contribution in [0, 0.1) is 5.82 Å². The fraction of sp³-hybridized carbons (Fsp3) is 0.250. The van der Waals surface area contributed by atoms with Crippen LogP contribution in [0.1, 0.15) is 23.7 Å². The number of nitrogens with one attached hydrogen (secondary N) is 1. The van der Waals surface area contributed by atoms with Crippen molar-refractivity contribution in [1.29, 1.82) is 0 Å². The van der Waals surface area contributed by atoms with E-state index in [9.17, 15) is 9.18 Å². The van der Waals surface area contributed by atoms with Gasteiger partial charge in [-0.25, -0.2) is 4.39 Å². The van der Waals surface area contributed by atoms with Gasteiger partial charge in [0.25, 0.3) is 5.91 Å². The van der Waals surface area contributed by atoms with Gasteiger partial charge in [0.05, 0.1) is 5.56 Å². The van der Waals surface area contributed by atoms with Crippen LogP contribution in [-0.2, 0) is 0 Å². The Morgan fingerprint density at radius 2 is 2.38 bits per heavy atom. The Labute approximate surface area is 103 Å². The van der Waals surface area contributed by atoms with Crippen LogP contribution < -0.4 is 5.32 Å². The highest BCUT2D eigenvalue weighted by molar-refractivity contribution is 9.10. The van der Waals surface area contributed by atoms with Crippen molar-refractivity contribution >= 4 is 21.8 Å². The zero-order chi connectivity index (χ0) is 12.1. The molecule has 0 aliphatic rings. The van der Waals surface area contributed by atoms with Crippen molar-refractivity contribution < 1.29 is 9.18 Å². The summed E-state index contributed by atoms with van der Waals surface area (Å²) in [6.07, 6.45) is 2.37. The molecule has 2 nitrogen and oxygen atoms in total. The van der Waals surface area contributed by atoms with Crippen LogP contribution in [0.4, 0.5) is 4.39 Å². The maximum absolute atomic E-state index is 13.4. The minimum atomic E-state index is -0.530. The molecule has 1 N–H and O–H groups in total. The van der Waals surface area contributed by atoms with E-state index in [-0.39, 0.29) is 11.6 Å². The lowest BCUT2D eigenvalue weighted by Crippen LogP contribution is -2.32. The molecule has 0 heterocycles. The lowest BCUT2D eigenvalue weighted by atomic mass is 10.1. The van der Waals surface area contributed by atoms with Gasteiger partial charge in [0.15, 0.2) is 0 Å². The Hall–Kier alpha value is -1.16. The molecule has 1 aromatic carbocycles. The first-order chi connectivity index (χ1) is 7.54. The molecule has 1 unspecified atom stereocenters. The first kappa shape index (κ1) is 12.9. The summed E-state index contributed by atoms with van der Waals surface area (Å²) in [5.41, 5.74) is 0.0547. The van der Waals surface area contributed by atoms with E-state index in [0.29, 0.717) is 10.9 Å². The second kappa shape index (κ2) is 5.80. The highest BCUT2D eigenvalue weighted by Crippen LogP contribution is 2.15. The molecule has 0 spiro atoms. The van der Waals surface area contributed by atoms with Crippen molar-refractivity contribution in [3.63, 3.8) is 0 Å². The summed E-state index contributed by atoms with van der Waals surface area (Å²) in [5.74, 6) is -0.933. The van der Waals surface area contributed by atoms with Gasteiger partial charge in [-0.2, -0.15) is 0 Å². The average Bonchev–Trinajstić information content (AvgIpc) is 2.17. The van der Waals surface area contributed by atoms with Gasteiger partial charge in [-0.1, -0.05) is 22.0 Å². The lowest BCUT2D eigenvalue weighted by molar-refractivity contribution is 0.0936. The SMILES string of the molecule is C=CCC(C)NC(=O)c1ccc(Br)cc1F. The Balaban J connectivity index is 2.76. The fourth-order valence-electron chi connectivity index (χ4n) is 1.28. The zero-order valence-electron chi connectivity index (χ0n) is 8.97. The lowest BCUT2D eigenvalue weighted by Gasteiger charge is -2.12. The van der Waals surface area contributed by atoms with Gasteiger partial charge in [-0.05, 0) is 31.5 Å². The second-order valence-electron chi connectivity index (χ2n) is 3.52. The van der Waals surface area contributed by atoms with E-state index in [0.717, 1.165) is 0 Å². The van der Waals surface area contributed by atoms with E-state index in [2.05, 4.69) is 27.8 Å². The highest BCUT2D eigenvalue weighted by Gasteiger charge is 2.13. The summed E-state index contributed by atoms with van der Waals surface area (Å²) in [6.45, 7) is 5.42. The molecular formula is C12H13BrFNO. The number of hydrogen-bond donors (Lipinski definition) is 1. The van der Waals surface area contributed by atoms with E-state index < -0.39 is 11.7 Å². The van der Waals surface area contributed by atoms with Crippen molar-refractivity contribution in [2.24, 2.45) is 0 Å². The molecule has 0 saturated heterocycles. The van der Waals surface area contributed by atoms with E-state index in [4.69, 9.17) is 0 Å². The quantitative estimate of drug-likeness (QED) is 0.845. The van der Waals surface area contributed by atoms with Crippen LogP contribution in [-0.4, -0.2) is 11.9 Å². The van der Waals surface area contributed by atoms with Crippen molar-refractivity contribution in [3.8, 4) is 0 Å². The summed E-state index contributed by atoms with van der Waals surface area (Å²) in [4.78, 5) is 11.7. The van der Waals surface area contributed by atoms with Crippen molar-refractivity contribution in [2.45, 2.75) is 19.4 Å². The van der Waals surface area contributed by atoms with Crippen molar-refractivity contribution in [2.75, 3.05) is 0 Å². The molecule has 0 bridgehead atoms. The molecule has 0 fully saturated rings. The fourth-order valence-corrected chi connectivity index (χ4v) is 1.62. The molecule has 0 aliphatic carbocycles. The third-order valence-electron chi connectivity index (χ3n) is 2.07. The van der Waals surface area contributed by atoms with Gasteiger partial charge < -0.3 is 5.32 Å². The van der Waals surface area contributed by atoms with E-state index in [1.165, 1.54) is 12.1 Å². The molecule has 1 rings (SSSR count). The van der Waals surface area contributed by atoms with Crippen LogP contribution >= 0.6 is 15.9 Å². The van der Waals surface area contributed by atoms with Crippen LogP contribution in [0.15, 0.2) is 35.3 Å². The maximum Gasteiger partial charge on any atom is 0.254 e. The van der Waals surface area contributed by atoms with Gasteiger partial charge in [0.2, 0.25) is 0 Å². The minimum absolute atomic E-state index is 0.0481. The minimum Gasteiger partial charge on any atom is -0.349 e. The summed E-state index contributed by atoms with van der Waals surface area (Å²) >= 11 is 3.14. The van der Waals surface area contributed by atoms with Gasteiger partial charge >= 0.3 is 0 Å². The van der Waals surface area contributed by atoms with Crippen LogP contribution in [0.2, 0.25) is 0 Å². The van der Waals surface area contributed by atoms with Gasteiger partial charge in [0.1, 0.15) is 5.82 Å². The Kier molecular flexibility index (Phi) is 4.68. The second-order valence-corrected chi connectivity index (χ2v) is 4.44. The monoisotopic (exact) mass is 285 g/mol. The summed E-state index contributed by atoms with van der Waals surface area (Å²) < 4.78 is 14.0. The van der Waals surface area contributed by atoms with Crippen molar-refractivity contribution in [1.82, 2.24) is 5.32 Å². The molecule has 0 radical (unpaired) electrons. The Morgan fingerprint density at radius 3 is 2.94 bits per heavy atom. The largest absolute Gasteiger partial charge is 0.349 e. The molecular weight excluding hydrogens is 273 g/mol. The zero-order valence-corrected chi connectivity index (χ0v) is 10.6. The molecule has 4 heteroatoms. The van der Waals surface area contributed by atoms with Crippen LogP contribution in [0.25, 0.3) is 0 Å². The maximum atomic E-state index is 13.4. The molecule has 1 amide bonds. The normalized spacial score (nSPS) is 11.9. The number of amides is 1. The summed E-state index contributed by atoms with van der Waals surface area (Å²) in [6, 6.07) is 4.31. The topological polar surface area (TPSA) is 29.1 Å². The number of carbonyl (C=O) groups is 1. The first-order valence-corrected chi connectivity index (χ1v) is 5.70. The highest BCUT2D eigenvalue weighted by atomic mass is 79.9. The molecule has 86 valence electrons.